The van der Waals surface area contributed by atoms with E-state index in [0.29, 0.717) is 28.1 Å². The first-order valence-corrected chi connectivity index (χ1v) is 12.8. The maximum absolute atomic E-state index is 10.2. The molecule has 3 aromatic rings. The number of fused-ring (bicyclic) bond motifs is 1. The first-order valence-electron chi connectivity index (χ1n) is 12.4. The molecule has 36 heavy (non-hydrogen) atoms. The van der Waals surface area contributed by atoms with Crippen molar-refractivity contribution in [3.05, 3.63) is 64.1 Å². The zero-order chi connectivity index (χ0) is 25.8. The summed E-state index contributed by atoms with van der Waals surface area (Å²) in [6, 6.07) is 12.2. The van der Waals surface area contributed by atoms with Crippen LogP contribution in [0.2, 0.25) is 5.02 Å². The highest BCUT2D eigenvalue weighted by Crippen LogP contribution is 2.28. The molecule has 0 aliphatic carbocycles. The normalized spacial score (nSPS) is 16.1. The number of ether oxygens (including phenoxy) is 2. The second kappa shape index (κ2) is 11.5. The molecule has 1 aromatic heterocycles. The number of aliphatic hydroxyl groups is 1. The molecule has 0 unspecified atom stereocenters. The van der Waals surface area contributed by atoms with Crippen molar-refractivity contribution in [2.75, 3.05) is 33.4 Å². The van der Waals surface area contributed by atoms with Crippen molar-refractivity contribution in [2.24, 2.45) is 0 Å². The molecule has 7 nitrogen and oxygen atoms in total. The Morgan fingerprint density at radius 3 is 2.56 bits per heavy atom. The first kappa shape index (κ1) is 26.2. The van der Waals surface area contributed by atoms with Gasteiger partial charge in [0.1, 0.15) is 11.6 Å². The minimum Gasteiger partial charge on any atom is -0.512 e. The third kappa shape index (κ3) is 5.75. The SMILES string of the molecule is COc1ccc(CCc2nc3cc(/C(C(C)=N)=C(\C)O)ccc3n2C[C@H](C)N2CCOCC2)cc1Cl. The van der Waals surface area contributed by atoms with E-state index in [1.807, 2.05) is 30.3 Å². The van der Waals surface area contributed by atoms with Crippen LogP contribution in [0.15, 0.2) is 42.2 Å². The molecule has 0 bridgehead atoms. The van der Waals surface area contributed by atoms with Crippen molar-refractivity contribution in [3.8, 4) is 5.75 Å². The van der Waals surface area contributed by atoms with Crippen molar-refractivity contribution in [1.82, 2.24) is 14.5 Å². The van der Waals surface area contributed by atoms with Crippen molar-refractivity contribution < 1.29 is 14.6 Å². The van der Waals surface area contributed by atoms with Crippen LogP contribution < -0.4 is 4.74 Å². The number of aliphatic hydroxyl groups excluding tert-OH is 1. The van der Waals surface area contributed by atoms with Gasteiger partial charge < -0.3 is 24.6 Å². The summed E-state index contributed by atoms with van der Waals surface area (Å²) in [5.74, 6) is 1.81. The molecule has 1 aliphatic rings. The molecule has 1 atom stereocenters. The fourth-order valence-electron chi connectivity index (χ4n) is 4.95. The van der Waals surface area contributed by atoms with Gasteiger partial charge in [0.15, 0.2) is 0 Å². The van der Waals surface area contributed by atoms with E-state index < -0.39 is 0 Å². The lowest BCUT2D eigenvalue weighted by atomic mass is 10.0. The summed E-state index contributed by atoms with van der Waals surface area (Å²) in [4.78, 5) is 7.49. The zero-order valence-electron chi connectivity index (χ0n) is 21.5. The van der Waals surface area contributed by atoms with Gasteiger partial charge >= 0.3 is 0 Å². The Morgan fingerprint density at radius 1 is 1.17 bits per heavy atom. The minimum atomic E-state index is 0.138. The number of hydrogen-bond donors (Lipinski definition) is 2. The summed E-state index contributed by atoms with van der Waals surface area (Å²) in [5.41, 5.74) is 4.72. The van der Waals surface area contributed by atoms with Crippen LogP contribution in [0.1, 0.15) is 37.7 Å². The van der Waals surface area contributed by atoms with Crippen LogP contribution in [0.3, 0.4) is 0 Å². The molecule has 8 heteroatoms. The number of aryl methyl sites for hydroxylation is 2. The summed E-state index contributed by atoms with van der Waals surface area (Å²) in [5, 5.41) is 18.9. The number of morpholine rings is 1. The molecule has 1 fully saturated rings. The van der Waals surface area contributed by atoms with E-state index >= 15 is 0 Å². The molecular formula is C28H35ClN4O3. The highest BCUT2D eigenvalue weighted by Gasteiger charge is 2.21. The number of benzene rings is 2. The molecule has 1 saturated heterocycles. The number of nitrogens with zero attached hydrogens (tertiary/aromatic N) is 3. The number of imidazole rings is 1. The van der Waals surface area contributed by atoms with Crippen LogP contribution in [0.25, 0.3) is 16.6 Å². The Balaban J connectivity index is 1.68. The van der Waals surface area contributed by atoms with Gasteiger partial charge in [0, 0.05) is 43.4 Å². The van der Waals surface area contributed by atoms with Crippen LogP contribution >= 0.6 is 11.6 Å². The summed E-state index contributed by atoms with van der Waals surface area (Å²) in [6.45, 7) is 9.77. The molecule has 4 rings (SSSR count). The van der Waals surface area contributed by atoms with Gasteiger partial charge in [0.25, 0.3) is 0 Å². The van der Waals surface area contributed by atoms with Crippen LogP contribution in [-0.2, 0) is 24.1 Å². The number of rotatable bonds is 9. The van der Waals surface area contributed by atoms with Gasteiger partial charge in [-0.15, -0.1) is 0 Å². The Morgan fingerprint density at radius 2 is 1.92 bits per heavy atom. The smallest absolute Gasteiger partial charge is 0.137 e. The predicted octanol–water partition coefficient (Wildman–Crippen LogP) is 5.53. The fourth-order valence-corrected chi connectivity index (χ4v) is 5.23. The monoisotopic (exact) mass is 510 g/mol. The van der Waals surface area contributed by atoms with E-state index in [4.69, 9.17) is 31.5 Å². The van der Waals surface area contributed by atoms with Crippen molar-refractivity contribution in [1.29, 1.82) is 5.41 Å². The van der Waals surface area contributed by atoms with E-state index in [-0.39, 0.29) is 5.76 Å². The van der Waals surface area contributed by atoms with Crippen LogP contribution in [0.4, 0.5) is 0 Å². The average molecular weight is 511 g/mol. The van der Waals surface area contributed by atoms with E-state index in [1.165, 1.54) is 0 Å². The molecule has 1 aliphatic heterocycles. The van der Waals surface area contributed by atoms with Gasteiger partial charge in [-0.3, -0.25) is 4.90 Å². The Bertz CT molecular complexity index is 1270. The Hall–Kier alpha value is -2.87. The van der Waals surface area contributed by atoms with Gasteiger partial charge in [0.2, 0.25) is 0 Å². The molecule has 0 saturated carbocycles. The summed E-state index contributed by atoms with van der Waals surface area (Å²) in [6.07, 6.45) is 1.56. The highest BCUT2D eigenvalue weighted by molar-refractivity contribution is 6.32. The van der Waals surface area contributed by atoms with Crippen LogP contribution in [0, 0.1) is 5.41 Å². The molecule has 2 N–H and O–H groups in total. The van der Waals surface area contributed by atoms with Crippen molar-refractivity contribution >= 4 is 33.9 Å². The van der Waals surface area contributed by atoms with Gasteiger partial charge in [0.05, 0.1) is 42.1 Å². The minimum absolute atomic E-state index is 0.138. The second-order valence-corrected chi connectivity index (χ2v) is 9.80. The third-order valence-electron chi connectivity index (χ3n) is 6.82. The molecule has 0 spiro atoms. The second-order valence-electron chi connectivity index (χ2n) is 9.39. The lowest BCUT2D eigenvalue weighted by Gasteiger charge is -2.32. The Labute approximate surface area is 217 Å². The van der Waals surface area contributed by atoms with E-state index in [0.717, 1.165) is 73.7 Å². The van der Waals surface area contributed by atoms with Crippen LogP contribution in [-0.4, -0.2) is 64.7 Å². The third-order valence-corrected chi connectivity index (χ3v) is 7.12. The molecule has 192 valence electrons. The largest absolute Gasteiger partial charge is 0.512 e. The van der Waals surface area contributed by atoms with E-state index in [1.54, 1.807) is 21.0 Å². The van der Waals surface area contributed by atoms with E-state index in [9.17, 15) is 5.11 Å². The quantitative estimate of drug-likeness (QED) is 0.292. The average Bonchev–Trinajstić information content (AvgIpc) is 3.19. The van der Waals surface area contributed by atoms with Crippen LogP contribution in [0.5, 0.6) is 5.75 Å². The number of aromatic nitrogens is 2. The standard InChI is InChI=1S/C28H35ClN4O3/c1-18(32-11-13-36-14-12-32)17-33-25-8-7-22(28(19(2)30)20(3)34)16-24(25)31-27(33)10-6-21-5-9-26(35-4)23(29)15-21/h5,7-9,15-16,18,30,34H,6,10-14,17H2,1-4H3/b28-20+,30-19?/t18-/m0/s1. The summed E-state index contributed by atoms with van der Waals surface area (Å²) < 4.78 is 13.1. The lowest BCUT2D eigenvalue weighted by Crippen LogP contribution is -2.44. The first-order chi connectivity index (χ1) is 17.3. The van der Waals surface area contributed by atoms with Gasteiger partial charge in [-0.1, -0.05) is 23.7 Å². The number of halogens is 1. The number of nitrogens with one attached hydrogen (secondary N) is 1. The highest BCUT2D eigenvalue weighted by atomic mass is 35.5. The van der Waals surface area contributed by atoms with E-state index in [2.05, 4.69) is 22.5 Å². The molecule has 0 amide bonds. The topological polar surface area (TPSA) is 83.6 Å². The number of methoxy groups -OCH3 is 1. The maximum Gasteiger partial charge on any atom is 0.137 e. The van der Waals surface area contributed by atoms with Crippen molar-refractivity contribution in [3.63, 3.8) is 0 Å². The van der Waals surface area contributed by atoms with Gasteiger partial charge in [-0.05, 0) is 62.6 Å². The molecule has 0 radical (unpaired) electrons. The van der Waals surface area contributed by atoms with Crippen molar-refractivity contribution in [2.45, 2.75) is 46.2 Å². The fraction of sp³-hybridized carbons (Fsp3) is 0.429. The molecule has 2 aromatic carbocycles. The van der Waals surface area contributed by atoms with Gasteiger partial charge in [-0.25, -0.2) is 4.98 Å². The summed E-state index contributed by atoms with van der Waals surface area (Å²) in [7, 11) is 1.62. The molecule has 2 heterocycles. The summed E-state index contributed by atoms with van der Waals surface area (Å²) >= 11 is 6.36. The number of allylic oxidation sites excluding steroid dienone is 2. The van der Waals surface area contributed by atoms with Gasteiger partial charge in [-0.2, -0.15) is 0 Å². The predicted molar refractivity (Wildman–Crippen MR) is 146 cm³/mol. The molecular weight excluding hydrogens is 476 g/mol. The number of hydrogen-bond acceptors (Lipinski definition) is 6. The maximum atomic E-state index is 10.2. The zero-order valence-corrected chi connectivity index (χ0v) is 22.2. The Kier molecular flexibility index (Phi) is 8.34. The lowest BCUT2D eigenvalue weighted by molar-refractivity contribution is 0.0170.